The molecule has 1 fully saturated rings. The molecule has 0 bridgehead atoms. The van der Waals surface area contributed by atoms with Crippen molar-refractivity contribution in [1.82, 2.24) is 9.97 Å². The molecule has 0 spiro atoms. The highest BCUT2D eigenvalue weighted by Crippen LogP contribution is 2.33. The molecule has 1 aliphatic carbocycles. The van der Waals surface area contributed by atoms with Gasteiger partial charge in [-0.25, -0.2) is 23.2 Å². The lowest BCUT2D eigenvalue weighted by atomic mass is 9.94. The van der Waals surface area contributed by atoms with Crippen molar-refractivity contribution in [3.8, 4) is 0 Å². The largest absolute Gasteiger partial charge is 0.481 e. The first-order valence-corrected chi connectivity index (χ1v) is 13.6. The van der Waals surface area contributed by atoms with E-state index in [1.165, 1.54) is 18.3 Å². The van der Waals surface area contributed by atoms with Gasteiger partial charge in [0.25, 0.3) is 0 Å². The first-order valence-electron chi connectivity index (χ1n) is 11.3. The van der Waals surface area contributed by atoms with Crippen molar-refractivity contribution >= 4 is 49.8 Å². The molecule has 0 atom stereocenters. The van der Waals surface area contributed by atoms with Crippen molar-refractivity contribution in [3.63, 3.8) is 0 Å². The number of carbonyl (C=O) groups is 3. The molecule has 2 amide bonds. The van der Waals surface area contributed by atoms with Crippen molar-refractivity contribution in [1.29, 1.82) is 0 Å². The summed E-state index contributed by atoms with van der Waals surface area (Å²) in [6.07, 6.45) is 4.29. The van der Waals surface area contributed by atoms with Crippen LogP contribution in [-0.2, 0) is 21.1 Å². The molecular formula is C24H24N4O6S2. The number of carboxylic acid groups (broad SMARTS) is 1. The van der Waals surface area contributed by atoms with E-state index >= 15 is 0 Å². The van der Waals surface area contributed by atoms with E-state index in [1.54, 1.807) is 24.3 Å². The van der Waals surface area contributed by atoms with Crippen molar-refractivity contribution < 1.29 is 27.9 Å². The standard InChI is InChI=1S/C24H24N4O6S2/c1-14-9-10-17(16(12-14)21(31)15-6-2-3-7-15)26-23(32)28-24-27-18(13-20(29)30)22(35-24)36(33,34)19-8-4-5-11-25-19/h4-5,8-12,15H,2-3,6-7,13H2,1H3,(H,29,30)(H2,26,27,28,32). The molecule has 36 heavy (non-hydrogen) atoms. The van der Waals surface area contributed by atoms with Gasteiger partial charge in [-0.1, -0.05) is 41.9 Å². The average molecular weight is 529 g/mol. The van der Waals surface area contributed by atoms with Crippen LogP contribution in [0.25, 0.3) is 0 Å². The van der Waals surface area contributed by atoms with Crippen LogP contribution in [0.15, 0.2) is 51.8 Å². The molecule has 10 nitrogen and oxygen atoms in total. The summed E-state index contributed by atoms with van der Waals surface area (Å²) in [4.78, 5) is 45.0. The van der Waals surface area contributed by atoms with Gasteiger partial charge in [-0.05, 0) is 44.0 Å². The quantitative estimate of drug-likeness (QED) is 0.365. The fourth-order valence-corrected chi connectivity index (χ4v) is 6.80. The number of benzene rings is 1. The minimum absolute atomic E-state index is 0.0202. The van der Waals surface area contributed by atoms with Crippen LogP contribution >= 0.6 is 11.3 Å². The number of carboxylic acids is 1. The Morgan fingerprint density at radius 1 is 1.11 bits per heavy atom. The molecule has 1 aliphatic rings. The second-order valence-electron chi connectivity index (χ2n) is 8.47. The maximum absolute atomic E-state index is 13.1. The number of nitrogens with one attached hydrogen (secondary N) is 2. The molecular weight excluding hydrogens is 504 g/mol. The van der Waals surface area contributed by atoms with Crippen LogP contribution in [0.3, 0.4) is 0 Å². The van der Waals surface area contributed by atoms with E-state index in [2.05, 4.69) is 20.6 Å². The predicted molar refractivity (Wildman–Crippen MR) is 133 cm³/mol. The van der Waals surface area contributed by atoms with Gasteiger partial charge < -0.3 is 10.4 Å². The Kier molecular flexibility index (Phi) is 7.45. The van der Waals surface area contributed by atoms with Crippen molar-refractivity contribution in [3.05, 3.63) is 59.4 Å². The Morgan fingerprint density at radius 2 is 1.86 bits per heavy atom. The van der Waals surface area contributed by atoms with Crippen LogP contribution in [0, 0.1) is 12.8 Å². The monoisotopic (exact) mass is 528 g/mol. The molecule has 1 saturated carbocycles. The number of aryl methyl sites for hydroxylation is 1. The van der Waals surface area contributed by atoms with Gasteiger partial charge in [0.1, 0.15) is 0 Å². The number of rotatable bonds is 8. The molecule has 188 valence electrons. The fraction of sp³-hybridized carbons (Fsp3) is 0.292. The third-order valence-electron chi connectivity index (χ3n) is 5.77. The molecule has 1 aromatic carbocycles. The van der Waals surface area contributed by atoms with Crippen LogP contribution in [0.1, 0.15) is 47.3 Å². The van der Waals surface area contributed by atoms with Crippen LogP contribution in [0.5, 0.6) is 0 Å². The number of urea groups is 1. The van der Waals surface area contributed by atoms with Gasteiger partial charge in [0, 0.05) is 17.7 Å². The number of anilines is 2. The maximum Gasteiger partial charge on any atom is 0.325 e. The van der Waals surface area contributed by atoms with Crippen LogP contribution in [-0.4, -0.2) is 41.3 Å². The second-order valence-corrected chi connectivity index (χ2v) is 11.6. The molecule has 3 aromatic rings. The Bertz CT molecular complexity index is 1410. The summed E-state index contributed by atoms with van der Waals surface area (Å²) >= 11 is 0.634. The first kappa shape index (κ1) is 25.5. The van der Waals surface area contributed by atoms with Gasteiger partial charge in [0.2, 0.25) is 9.84 Å². The summed E-state index contributed by atoms with van der Waals surface area (Å²) in [6, 6.07) is 8.76. The number of Topliss-reactive ketones (excluding diaryl/α,β-unsaturated/α-hetero) is 1. The van der Waals surface area contributed by atoms with E-state index in [0.29, 0.717) is 22.6 Å². The number of aliphatic carboxylic acids is 1. The fourth-order valence-electron chi connectivity index (χ4n) is 4.09. The number of hydrogen-bond acceptors (Lipinski definition) is 8. The SMILES string of the molecule is Cc1ccc(NC(=O)Nc2nc(CC(=O)O)c(S(=O)(=O)c3ccccn3)s2)c(C(=O)C2CCCC2)c1. The summed E-state index contributed by atoms with van der Waals surface area (Å²) in [5.74, 6) is -1.37. The van der Waals surface area contributed by atoms with E-state index in [4.69, 9.17) is 0 Å². The van der Waals surface area contributed by atoms with E-state index in [1.807, 2.05) is 6.92 Å². The van der Waals surface area contributed by atoms with E-state index in [-0.39, 0.29) is 31.8 Å². The smallest absolute Gasteiger partial charge is 0.325 e. The molecule has 0 unspecified atom stereocenters. The predicted octanol–water partition coefficient (Wildman–Crippen LogP) is 4.32. The van der Waals surface area contributed by atoms with Crippen LogP contribution in [0.4, 0.5) is 15.6 Å². The Labute approximate surface area is 211 Å². The third-order valence-corrected chi connectivity index (χ3v) is 9.00. The Hall–Kier alpha value is -3.64. The minimum atomic E-state index is -4.16. The number of amides is 2. The van der Waals surface area contributed by atoms with Crippen molar-refractivity contribution in [2.45, 2.75) is 48.3 Å². The van der Waals surface area contributed by atoms with Crippen molar-refractivity contribution in [2.24, 2.45) is 5.92 Å². The molecule has 12 heteroatoms. The zero-order chi connectivity index (χ0) is 25.9. The summed E-state index contributed by atoms with van der Waals surface area (Å²) in [6.45, 7) is 1.86. The number of hydrogen-bond donors (Lipinski definition) is 3. The summed E-state index contributed by atoms with van der Waals surface area (Å²) in [5, 5.41) is 14.0. The van der Waals surface area contributed by atoms with E-state index in [0.717, 1.165) is 31.2 Å². The normalized spacial score (nSPS) is 13.9. The van der Waals surface area contributed by atoms with Gasteiger partial charge in [-0.3, -0.25) is 14.9 Å². The highest BCUT2D eigenvalue weighted by Gasteiger charge is 2.29. The lowest BCUT2D eigenvalue weighted by Gasteiger charge is -2.14. The van der Waals surface area contributed by atoms with Gasteiger partial charge >= 0.3 is 12.0 Å². The number of nitrogens with zero attached hydrogens (tertiary/aromatic N) is 2. The summed E-state index contributed by atoms with van der Waals surface area (Å²) in [5.41, 5.74) is 1.42. The van der Waals surface area contributed by atoms with E-state index < -0.39 is 28.3 Å². The lowest BCUT2D eigenvalue weighted by molar-refractivity contribution is -0.136. The average Bonchev–Trinajstić information content (AvgIpc) is 3.51. The van der Waals surface area contributed by atoms with Gasteiger partial charge in [-0.2, -0.15) is 0 Å². The second kappa shape index (κ2) is 10.5. The highest BCUT2D eigenvalue weighted by molar-refractivity contribution is 7.93. The number of aromatic nitrogens is 2. The number of pyridine rings is 1. The molecule has 0 saturated heterocycles. The lowest BCUT2D eigenvalue weighted by Crippen LogP contribution is -2.22. The summed E-state index contributed by atoms with van der Waals surface area (Å²) in [7, 11) is -4.16. The molecule has 2 aromatic heterocycles. The number of ketones is 1. The van der Waals surface area contributed by atoms with Gasteiger partial charge in [0.05, 0.1) is 17.8 Å². The molecule has 0 radical (unpaired) electrons. The zero-order valence-corrected chi connectivity index (χ0v) is 21.0. The zero-order valence-electron chi connectivity index (χ0n) is 19.4. The number of thiazole rings is 1. The number of carbonyl (C=O) groups excluding carboxylic acids is 2. The van der Waals surface area contributed by atoms with E-state index in [9.17, 15) is 27.9 Å². The molecule has 3 N–H and O–H groups in total. The molecule has 4 rings (SSSR count). The topological polar surface area (TPSA) is 155 Å². The summed E-state index contributed by atoms with van der Waals surface area (Å²) < 4.78 is 25.8. The van der Waals surface area contributed by atoms with Gasteiger partial charge in [-0.15, -0.1) is 0 Å². The van der Waals surface area contributed by atoms with Crippen LogP contribution < -0.4 is 10.6 Å². The Balaban J connectivity index is 1.59. The minimum Gasteiger partial charge on any atom is -0.481 e. The molecule has 0 aliphatic heterocycles. The maximum atomic E-state index is 13.1. The van der Waals surface area contributed by atoms with Gasteiger partial charge in [0.15, 0.2) is 20.1 Å². The molecule has 2 heterocycles. The van der Waals surface area contributed by atoms with Crippen molar-refractivity contribution in [2.75, 3.05) is 10.6 Å². The van der Waals surface area contributed by atoms with Crippen LogP contribution in [0.2, 0.25) is 0 Å². The third kappa shape index (κ3) is 5.60. The number of sulfone groups is 1. The Morgan fingerprint density at radius 3 is 2.53 bits per heavy atom. The highest BCUT2D eigenvalue weighted by atomic mass is 32.2. The first-order chi connectivity index (χ1) is 17.1.